The number of hydrogen-bond donors (Lipinski definition) is 1. The van der Waals surface area contributed by atoms with Gasteiger partial charge in [-0.15, -0.1) is 11.3 Å². The van der Waals surface area contributed by atoms with Crippen molar-refractivity contribution in [2.45, 2.75) is 39.8 Å². The van der Waals surface area contributed by atoms with Crippen LogP contribution in [0, 0.1) is 13.8 Å². The Hall–Kier alpha value is -1.27. The summed E-state index contributed by atoms with van der Waals surface area (Å²) in [7, 11) is 1.98. The summed E-state index contributed by atoms with van der Waals surface area (Å²) in [6.07, 6.45) is 2.46. The topological polar surface area (TPSA) is 55.6 Å². The quantitative estimate of drug-likeness (QED) is 0.896. The van der Waals surface area contributed by atoms with Gasteiger partial charge in [-0.2, -0.15) is 5.10 Å². The van der Waals surface area contributed by atoms with Crippen molar-refractivity contribution in [3.05, 3.63) is 27.7 Å². The fraction of sp³-hybridized carbons (Fsp3) is 0.583. The molecule has 1 N–H and O–H groups in total. The van der Waals surface area contributed by atoms with Crippen molar-refractivity contribution >= 4 is 11.3 Å². The van der Waals surface area contributed by atoms with Gasteiger partial charge in [-0.3, -0.25) is 4.68 Å². The number of aryl methyl sites for hydroxylation is 3. The van der Waals surface area contributed by atoms with E-state index in [1.807, 2.05) is 18.7 Å². The average Bonchev–Trinajstić information content (AvgIpc) is 2.92. The second-order valence-corrected chi connectivity index (χ2v) is 5.45. The van der Waals surface area contributed by atoms with E-state index in [4.69, 9.17) is 0 Å². The van der Waals surface area contributed by atoms with Gasteiger partial charge in [-0.25, -0.2) is 9.97 Å². The lowest BCUT2D eigenvalue weighted by molar-refractivity contribution is 0.537. The van der Waals surface area contributed by atoms with Gasteiger partial charge in [0, 0.05) is 17.8 Å². The van der Waals surface area contributed by atoms with Gasteiger partial charge < -0.3 is 5.32 Å². The minimum Gasteiger partial charge on any atom is -0.312 e. The second-order valence-electron chi connectivity index (χ2n) is 4.22. The average molecular weight is 265 g/mol. The van der Waals surface area contributed by atoms with Crippen molar-refractivity contribution < 1.29 is 0 Å². The van der Waals surface area contributed by atoms with E-state index in [0.717, 1.165) is 29.5 Å². The van der Waals surface area contributed by atoms with E-state index < -0.39 is 0 Å². The Kier molecular flexibility index (Phi) is 4.08. The van der Waals surface area contributed by atoms with Gasteiger partial charge >= 0.3 is 0 Å². The van der Waals surface area contributed by atoms with E-state index in [0.29, 0.717) is 0 Å². The molecule has 1 atom stereocenters. The Balaban J connectivity index is 2.22. The summed E-state index contributed by atoms with van der Waals surface area (Å²) in [5, 5.41) is 8.67. The smallest absolute Gasteiger partial charge is 0.138 e. The van der Waals surface area contributed by atoms with E-state index in [2.05, 4.69) is 34.2 Å². The van der Waals surface area contributed by atoms with Crippen LogP contribution in [-0.2, 0) is 13.0 Å². The minimum absolute atomic E-state index is 0.255. The highest BCUT2D eigenvalue weighted by Gasteiger charge is 2.18. The minimum atomic E-state index is 0.255. The van der Waals surface area contributed by atoms with E-state index in [9.17, 15) is 0 Å². The third-order valence-electron chi connectivity index (χ3n) is 2.99. The monoisotopic (exact) mass is 265 g/mol. The van der Waals surface area contributed by atoms with Crippen LogP contribution in [-0.4, -0.2) is 26.8 Å². The first-order valence-corrected chi connectivity index (χ1v) is 6.95. The zero-order valence-electron chi connectivity index (χ0n) is 11.3. The first-order valence-electron chi connectivity index (χ1n) is 6.13. The normalized spacial score (nSPS) is 12.9. The molecule has 2 aromatic rings. The molecule has 0 saturated heterocycles. The van der Waals surface area contributed by atoms with Crippen LogP contribution in [0.3, 0.4) is 0 Å². The second kappa shape index (κ2) is 5.58. The molecule has 0 spiro atoms. The summed E-state index contributed by atoms with van der Waals surface area (Å²) in [6.45, 7) is 7.04. The van der Waals surface area contributed by atoms with Crippen LogP contribution < -0.4 is 5.32 Å². The molecule has 0 saturated carbocycles. The summed E-state index contributed by atoms with van der Waals surface area (Å²) < 4.78 is 1.94. The zero-order chi connectivity index (χ0) is 13.1. The first kappa shape index (κ1) is 13.2. The molecule has 0 radical (unpaired) electrons. The number of aromatic nitrogens is 4. The van der Waals surface area contributed by atoms with Crippen molar-refractivity contribution in [1.29, 1.82) is 0 Å². The molecule has 2 heterocycles. The summed E-state index contributed by atoms with van der Waals surface area (Å²) >= 11 is 1.75. The molecule has 0 aromatic carbocycles. The van der Waals surface area contributed by atoms with Crippen LogP contribution >= 0.6 is 11.3 Å². The molecule has 0 amide bonds. The molecule has 0 fully saturated rings. The van der Waals surface area contributed by atoms with Crippen LogP contribution in [0.2, 0.25) is 0 Å². The molecule has 5 nitrogen and oxygen atoms in total. The predicted molar refractivity (Wildman–Crippen MR) is 72.8 cm³/mol. The fourth-order valence-electron chi connectivity index (χ4n) is 2.09. The number of nitrogens with one attached hydrogen (secondary N) is 1. The molecule has 0 aliphatic heterocycles. The molecule has 2 rings (SSSR count). The Bertz CT molecular complexity index is 516. The van der Waals surface area contributed by atoms with E-state index in [-0.39, 0.29) is 6.04 Å². The van der Waals surface area contributed by atoms with Crippen LogP contribution in [0.1, 0.15) is 34.4 Å². The van der Waals surface area contributed by atoms with Gasteiger partial charge in [0.05, 0.1) is 16.7 Å². The Morgan fingerprint density at radius 2 is 2.22 bits per heavy atom. The SMILES string of the molecule is CCn1ncnc1CC(NC)c1sc(C)nc1C. The molecule has 0 aliphatic carbocycles. The predicted octanol–water partition coefficient (Wildman–Crippen LogP) is 1.87. The number of hydrogen-bond acceptors (Lipinski definition) is 5. The number of likely N-dealkylation sites (N-methyl/N-ethyl adjacent to an activating group) is 1. The highest BCUT2D eigenvalue weighted by atomic mass is 32.1. The highest BCUT2D eigenvalue weighted by molar-refractivity contribution is 7.11. The number of nitrogens with zero attached hydrogens (tertiary/aromatic N) is 4. The van der Waals surface area contributed by atoms with Crippen LogP contribution in [0.25, 0.3) is 0 Å². The van der Waals surface area contributed by atoms with E-state index in [1.165, 1.54) is 4.88 Å². The van der Waals surface area contributed by atoms with Crippen LogP contribution in [0.4, 0.5) is 0 Å². The van der Waals surface area contributed by atoms with Crippen LogP contribution in [0.15, 0.2) is 6.33 Å². The van der Waals surface area contributed by atoms with Crippen LogP contribution in [0.5, 0.6) is 0 Å². The summed E-state index contributed by atoms with van der Waals surface area (Å²) in [5.74, 6) is 1.02. The van der Waals surface area contributed by atoms with Gasteiger partial charge in [0.25, 0.3) is 0 Å². The van der Waals surface area contributed by atoms with Crippen molar-refractivity contribution in [2.75, 3.05) is 7.05 Å². The molecule has 0 bridgehead atoms. The zero-order valence-corrected chi connectivity index (χ0v) is 12.1. The first-order chi connectivity index (χ1) is 8.65. The maximum atomic E-state index is 4.49. The van der Waals surface area contributed by atoms with E-state index in [1.54, 1.807) is 17.7 Å². The largest absolute Gasteiger partial charge is 0.312 e. The van der Waals surface area contributed by atoms with Gasteiger partial charge in [-0.1, -0.05) is 0 Å². The molecule has 2 aromatic heterocycles. The van der Waals surface area contributed by atoms with Crippen molar-refractivity contribution in [2.24, 2.45) is 0 Å². The highest BCUT2D eigenvalue weighted by Crippen LogP contribution is 2.26. The van der Waals surface area contributed by atoms with E-state index >= 15 is 0 Å². The Morgan fingerprint density at radius 3 is 2.78 bits per heavy atom. The lowest BCUT2D eigenvalue weighted by Gasteiger charge is -2.15. The Labute approximate surface area is 111 Å². The van der Waals surface area contributed by atoms with Gasteiger partial charge in [0.2, 0.25) is 0 Å². The summed E-state index contributed by atoms with van der Waals surface area (Å²) in [4.78, 5) is 10.1. The van der Waals surface area contributed by atoms with Gasteiger partial charge in [0.1, 0.15) is 12.2 Å². The summed E-state index contributed by atoms with van der Waals surface area (Å²) in [5.41, 5.74) is 1.11. The molecule has 98 valence electrons. The maximum Gasteiger partial charge on any atom is 0.138 e. The van der Waals surface area contributed by atoms with Crippen molar-refractivity contribution in [1.82, 2.24) is 25.1 Å². The molecule has 18 heavy (non-hydrogen) atoms. The summed E-state index contributed by atoms with van der Waals surface area (Å²) in [6, 6.07) is 0.255. The maximum absolute atomic E-state index is 4.49. The molecular formula is C12H19N5S. The Morgan fingerprint density at radius 1 is 1.44 bits per heavy atom. The van der Waals surface area contributed by atoms with Crippen molar-refractivity contribution in [3.8, 4) is 0 Å². The number of thiazole rings is 1. The molecule has 6 heteroatoms. The molecular weight excluding hydrogens is 246 g/mol. The molecule has 0 aliphatic rings. The molecule has 1 unspecified atom stereocenters. The van der Waals surface area contributed by atoms with Gasteiger partial charge in [0.15, 0.2) is 0 Å². The standard InChI is InChI=1S/C12H19N5S/c1-5-17-11(14-7-15-17)6-10(13-4)12-8(2)16-9(3)18-12/h7,10,13H,5-6H2,1-4H3. The van der Waals surface area contributed by atoms with Gasteiger partial charge in [-0.05, 0) is 27.8 Å². The third-order valence-corrected chi connectivity index (χ3v) is 4.17. The lowest BCUT2D eigenvalue weighted by atomic mass is 10.1. The fourth-order valence-corrected chi connectivity index (χ4v) is 3.13. The van der Waals surface area contributed by atoms with Crippen molar-refractivity contribution in [3.63, 3.8) is 0 Å². The number of rotatable bonds is 5. The lowest BCUT2D eigenvalue weighted by Crippen LogP contribution is -2.21. The third kappa shape index (κ3) is 2.59.